The van der Waals surface area contributed by atoms with E-state index in [4.69, 9.17) is 0 Å². The molecule has 3 nitrogen and oxygen atoms in total. The molecular formula is C5H12N2O. The number of nitroso groups, excluding NO2 is 1. The second-order valence-electron chi connectivity index (χ2n) is 2.44. The first-order chi connectivity index (χ1) is 3.62. The molecule has 0 rings (SSSR count). The molecule has 0 bridgehead atoms. The Kier molecular flexibility index (Phi) is 2.45. The predicted molar refractivity (Wildman–Crippen MR) is 33.3 cm³/mol. The lowest BCUT2D eigenvalue weighted by Gasteiger charge is -2.18. The van der Waals surface area contributed by atoms with Crippen molar-refractivity contribution >= 4 is 0 Å². The highest BCUT2D eigenvalue weighted by molar-refractivity contribution is 4.71. The minimum atomic E-state index is -0.137. The van der Waals surface area contributed by atoms with E-state index in [0.29, 0.717) is 0 Å². The predicted octanol–water partition coefficient (Wildman–Crippen LogP) is 1.45. The van der Waals surface area contributed by atoms with Gasteiger partial charge < -0.3 is 0 Å². The molecule has 0 saturated carbocycles. The summed E-state index contributed by atoms with van der Waals surface area (Å²) in [4.78, 5) is 9.62. The fraction of sp³-hybridized carbons (Fsp3) is 1.00. The first-order valence-electron chi connectivity index (χ1n) is 2.72. The van der Waals surface area contributed by atoms with Crippen molar-refractivity contribution in [2.75, 3.05) is 0 Å². The van der Waals surface area contributed by atoms with E-state index in [1.165, 1.54) is 0 Å². The largest absolute Gasteiger partial charge is 0.268 e. The van der Waals surface area contributed by atoms with Crippen molar-refractivity contribution < 1.29 is 0 Å². The molecule has 0 aromatic rings. The van der Waals surface area contributed by atoms with E-state index in [0.717, 1.165) is 6.42 Å². The summed E-state index contributed by atoms with van der Waals surface area (Å²) < 4.78 is 0. The van der Waals surface area contributed by atoms with Crippen LogP contribution in [0.25, 0.3) is 0 Å². The fourth-order valence-electron chi connectivity index (χ4n) is 0.203. The van der Waals surface area contributed by atoms with Gasteiger partial charge in [-0.15, -0.1) is 4.91 Å². The lowest BCUT2D eigenvalue weighted by atomic mass is 10.0. The van der Waals surface area contributed by atoms with Gasteiger partial charge in [0.05, 0.1) is 10.8 Å². The topological polar surface area (TPSA) is 41.5 Å². The summed E-state index contributed by atoms with van der Waals surface area (Å²) in [7, 11) is 0. The van der Waals surface area contributed by atoms with Gasteiger partial charge in [-0.1, -0.05) is 6.92 Å². The Bertz CT molecular complexity index is 80.5. The Balaban J connectivity index is 3.53. The summed E-state index contributed by atoms with van der Waals surface area (Å²) in [5, 5.41) is 2.58. The average Bonchev–Trinajstić information content (AvgIpc) is 1.67. The number of hydrogen-bond donors (Lipinski definition) is 1. The Morgan fingerprint density at radius 3 is 2.25 bits per heavy atom. The van der Waals surface area contributed by atoms with Crippen molar-refractivity contribution in [3.05, 3.63) is 4.91 Å². The summed E-state index contributed by atoms with van der Waals surface area (Å²) in [6.45, 7) is 5.85. The van der Waals surface area contributed by atoms with Crippen molar-refractivity contribution in [3.8, 4) is 0 Å². The molecule has 0 aromatic carbocycles. The molecule has 0 heterocycles. The molecular weight excluding hydrogens is 104 g/mol. The summed E-state index contributed by atoms with van der Waals surface area (Å²) in [6, 6.07) is 0. The van der Waals surface area contributed by atoms with Crippen molar-refractivity contribution in [1.29, 1.82) is 0 Å². The summed E-state index contributed by atoms with van der Waals surface area (Å²) in [5.41, 5.74) is 2.30. The standard InChI is InChI=1S/C5H12N2O/c1-4-5(2,3)6-7-8/h4H2,1-3H3,(H,6,8). The van der Waals surface area contributed by atoms with Gasteiger partial charge >= 0.3 is 0 Å². The van der Waals surface area contributed by atoms with Gasteiger partial charge in [-0.3, -0.25) is 5.43 Å². The van der Waals surface area contributed by atoms with Gasteiger partial charge in [-0.05, 0) is 20.3 Å². The van der Waals surface area contributed by atoms with Crippen LogP contribution in [0.1, 0.15) is 27.2 Å². The third kappa shape index (κ3) is 2.55. The maximum absolute atomic E-state index is 9.62. The van der Waals surface area contributed by atoms with Crippen LogP contribution < -0.4 is 5.43 Å². The molecule has 48 valence electrons. The molecule has 0 aliphatic heterocycles. The molecule has 0 spiro atoms. The SMILES string of the molecule is CCC(C)(C)NN=O. The molecule has 0 radical (unpaired) electrons. The summed E-state index contributed by atoms with van der Waals surface area (Å²) >= 11 is 0. The molecule has 0 aromatic heterocycles. The third-order valence-corrected chi connectivity index (χ3v) is 1.23. The van der Waals surface area contributed by atoms with Crippen LogP contribution in [0.4, 0.5) is 0 Å². The van der Waals surface area contributed by atoms with Gasteiger partial charge in [0, 0.05) is 0 Å². The van der Waals surface area contributed by atoms with E-state index in [1.807, 2.05) is 20.8 Å². The van der Waals surface area contributed by atoms with Gasteiger partial charge in [0.2, 0.25) is 0 Å². The molecule has 1 N–H and O–H groups in total. The van der Waals surface area contributed by atoms with Crippen LogP contribution in [0.2, 0.25) is 0 Å². The van der Waals surface area contributed by atoms with Gasteiger partial charge in [0.1, 0.15) is 0 Å². The normalized spacial score (nSPS) is 10.9. The Morgan fingerprint density at radius 1 is 1.62 bits per heavy atom. The first-order valence-corrected chi connectivity index (χ1v) is 2.72. The minimum absolute atomic E-state index is 0.137. The van der Waals surface area contributed by atoms with Crippen LogP contribution in [0.15, 0.2) is 5.29 Å². The summed E-state index contributed by atoms with van der Waals surface area (Å²) in [5.74, 6) is 0. The zero-order valence-electron chi connectivity index (χ0n) is 5.56. The van der Waals surface area contributed by atoms with Crippen LogP contribution in [0.3, 0.4) is 0 Å². The smallest absolute Gasteiger partial charge is 0.0522 e. The quantitative estimate of drug-likeness (QED) is 0.448. The highest BCUT2D eigenvalue weighted by atomic mass is 16.3. The highest BCUT2D eigenvalue weighted by Gasteiger charge is 2.12. The fourth-order valence-corrected chi connectivity index (χ4v) is 0.203. The Labute approximate surface area is 49.4 Å². The minimum Gasteiger partial charge on any atom is -0.268 e. The molecule has 0 aliphatic carbocycles. The van der Waals surface area contributed by atoms with Crippen molar-refractivity contribution in [3.63, 3.8) is 0 Å². The van der Waals surface area contributed by atoms with Crippen molar-refractivity contribution in [1.82, 2.24) is 5.43 Å². The van der Waals surface area contributed by atoms with Crippen LogP contribution in [0.5, 0.6) is 0 Å². The van der Waals surface area contributed by atoms with Crippen molar-refractivity contribution in [2.24, 2.45) is 5.29 Å². The monoisotopic (exact) mass is 116 g/mol. The lowest BCUT2D eigenvalue weighted by molar-refractivity contribution is 0.385. The first kappa shape index (κ1) is 7.40. The van der Waals surface area contributed by atoms with E-state index in [9.17, 15) is 4.91 Å². The number of nitrogens with zero attached hydrogens (tertiary/aromatic N) is 1. The number of rotatable bonds is 3. The third-order valence-electron chi connectivity index (χ3n) is 1.23. The lowest BCUT2D eigenvalue weighted by Crippen LogP contribution is -2.33. The molecule has 0 fully saturated rings. The van der Waals surface area contributed by atoms with Gasteiger partial charge in [0.25, 0.3) is 0 Å². The molecule has 0 aliphatic rings. The molecule has 0 unspecified atom stereocenters. The van der Waals surface area contributed by atoms with Crippen LogP contribution in [-0.2, 0) is 0 Å². The molecule has 0 saturated heterocycles. The van der Waals surface area contributed by atoms with E-state index < -0.39 is 0 Å². The van der Waals surface area contributed by atoms with Crippen molar-refractivity contribution in [2.45, 2.75) is 32.7 Å². The zero-order valence-corrected chi connectivity index (χ0v) is 5.56. The second-order valence-corrected chi connectivity index (χ2v) is 2.44. The number of nitrogens with one attached hydrogen (secondary N) is 1. The molecule has 0 amide bonds. The van der Waals surface area contributed by atoms with E-state index >= 15 is 0 Å². The number of hydrogen-bond acceptors (Lipinski definition) is 2. The summed E-state index contributed by atoms with van der Waals surface area (Å²) in [6.07, 6.45) is 0.902. The maximum atomic E-state index is 9.62. The Morgan fingerprint density at radius 2 is 2.12 bits per heavy atom. The molecule has 0 atom stereocenters. The average molecular weight is 116 g/mol. The Hall–Kier alpha value is -0.600. The van der Waals surface area contributed by atoms with E-state index in [-0.39, 0.29) is 5.54 Å². The van der Waals surface area contributed by atoms with Gasteiger partial charge in [-0.2, -0.15) is 0 Å². The van der Waals surface area contributed by atoms with Gasteiger partial charge in [0.15, 0.2) is 0 Å². The van der Waals surface area contributed by atoms with E-state index in [1.54, 1.807) is 0 Å². The van der Waals surface area contributed by atoms with Gasteiger partial charge in [-0.25, -0.2) is 0 Å². The maximum Gasteiger partial charge on any atom is 0.0522 e. The highest BCUT2D eigenvalue weighted by Crippen LogP contribution is 2.05. The van der Waals surface area contributed by atoms with Crippen LogP contribution in [-0.4, -0.2) is 5.54 Å². The molecule has 3 heteroatoms. The van der Waals surface area contributed by atoms with Crippen LogP contribution in [0, 0.1) is 4.91 Å². The van der Waals surface area contributed by atoms with Crippen LogP contribution >= 0.6 is 0 Å². The molecule has 8 heavy (non-hydrogen) atoms. The van der Waals surface area contributed by atoms with E-state index in [2.05, 4.69) is 10.7 Å². The zero-order chi connectivity index (χ0) is 6.62. The second kappa shape index (κ2) is 2.64.